The maximum absolute atomic E-state index is 2.28. The molecule has 0 aliphatic rings. The summed E-state index contributed by atoms with van der Waals surface area (Å²) in [6, 6.07) is 8.76. The van der Waals surface area contributed by atoms with Crippen molar-refractivity contribution >= 4 is 27.0 Å². The molecule has 0 aliphatic heterocycles. The summed E-state index contributed by atoms with van der Waals surface area (Å²) in [7, 11) is 0. The summed E-state index contributed by atoms with van der Waals surface area (Å²) >= 11 is 1.89. The van der Waals surface area contributed by atoms with E-state index in [1.807, 2.05) is 11.3 Å². The van der Waals surface area contributed by atoms with Gasteiger partial charge in [-0.05, 0) is 43.4 Å². The molecule has 1 heteroatoms. The van der Waals surface area contributed by atoms with Gasteiger partial charge >= 0.3 is 0 Å². The zero-order valence-electron chi connectivity index (χ0n) is 8.79. The highest BCUT2D eigenvalue weighted by Crippen LogP contribution is 2.32. The second-order valence-corrected chi connectivity index (χ2v) is 4.63. The summed E-state index contributed by atoms with van der Waals surface area (Å²) < 4.78 is 1.42. The van der Waals surface area contributed by atoms with Gasteiger partial charge in [0.05, 0.1) is 0 Å². The molecular weight excluding hydrogens is 188 g/mol. The van der Waals surface area contributed by atoms with Crippen LogP contribution in [0.4, 0.5) is 0 Å². The molecule has 0 saturated heterocycles. The first kappa shape index (κ1) is 9.47. The maximum Gasteiger partial charge on any atom is 0.0378 e. The van der Waals surface area contributed by atoms with Crippen LogP contribution in [0.15, 0.2) is 30.3 Å². The molecule has 0 saturated carbocycles. The van der Waals surface area contributed by atoms with Crippen molar-refractivity contribution in [3.63, 3.8) is 0 Å². The van der Waals surface area contributed by atoms with Crippen LogP contribution in [0, 0.1) is 6.92 Å². The van der Waals surface area contributed by atoms with E-state index in [9.17, 15) is 0 Å². The van der Waals surface area contributed by atoms with Gasteiger partial charge in [-0.1, -0.05) is 24.3 Å². The third kappa shape index (κ3) is 1.48. The summed E-state index contributed by atoms with van der Waals surface area (Å²) in [5, 5.41) is 1.37. The number of benzene rings is 1. The van der Waals surface area contributed by atoms with Crippen molar-refractivity contribution in [1.29, 1.82) is 0 Å². The first-order valence-electron chi connectivity index (χ1n) is 4.85. The number of thiophene rings is 1. The summed E-state index contributed by atoms with van der Waals surface area (Å²) in [5.41, 5.74) is 2.74. The zero-order valence-corrected chi connectivity index (χ0v) is 9.61. The van der Waals surface area contributed by atoms with E-state index in [2.05, 4.69) is 51.1 Å². The highest BCUT2D eigenvalue weighted by atomic mass is 32.1. The molecule has 0 bridgehead atoms. The molecule has 0 radical (unpaired) electrons. The van der Waals surface area contributed by atoms with Crippen molar-refractivity contribution in [2.24, 2.45) is 0 Å². The normalized spacial score (nSPS) is 12.4. The van der Waals surface area contributed by atoms with E-state index in [0.29, 0.717) is 0 Å². The molecule has 0 spiro atoms. The Morgan fingerprint density at radius 1 is 1.36 bits per heavy atom. The van der Waals surface area contributed by atoms with Gasteiger partial charge in [0.15, 0.2) is 0 Å². The van der Waals surface area contributed by atoms with Gasteiger partial charge in [0.25, 0.3) is 0 Å². The quantitative estimate of drug-likeness (QED) is 0.632. The van der Waals surface area contributed by atoms with Gasteiger partial charge in [-0.25, -0.2) is 0 Å². The fourth-order valence-corrected chi connectivity index (χ4v) is 2.70. The lowest BCUT2D eigenvalue weighted by molar-refractivity contribution is 1.56. The molecule has 1 aromatic carbocycles. The fraction of sp³-hybridized carbons (Fsp3) is 0.231. The molecular formula is C13H14S. The van der Waals surface area contributed by atoms with E-state index in [4.69, 9.17) is 0 Å². The number of allylic oxidation sites excluding steroid dienone is 2. The topological polar surface area (TPSA) is 0 Å². The minimum absolute atomic E-state index is 1.37. The Morgan fingerprint density at radius 3 is 2.79 bits per heavy atom. The van der Waals surface area contributed by atoms with Crippen molar-refractivity contribution < 1.29 is 0 Å². The molecule has 0 aliphatic carbocycles. The lowest BCUT2D eigenvalue weighted by atomic mass is 10.1. The van der Waals surface area contributed by atoms with Crippen LogP contribution in [0.1, 0.15) is 24.3 Å². The number of rotatable bonds is 1. The minimum Gasteiger partial charge on any atom is -0.135 e. The Labute approximate surface area is 88.9 Å². The second kappa shape index (κ2) is 3.58. The standard InChI is InChI=1S/C13H14S/c1-4-9(2)12-8-11-7-5-6-10(3)13(11)14-12/h4-8H,1-3H3/b9-4-. The summed E-state index contributed by atoms with van der Waals surface area (Å²) in [5.74, 6) is 0. The van der Waals surface area contributed by atoms with Crippen LogP contribution >= 0.6 is 11.3 Å². The van der Waals surface area contributed by atoms with Gasteiger partial charge in [0.1, 0.15) is 0 Å². The van der Waals surface area contributed by atoms with Crippen molar-refractivity contribution in [3.05, 3.63) is 40.8 Å². The van der Waals surface area contributed by atoms with Crippen LogP contribution in [0.25, 0.3) is 15.7 Å². The molecule has 72 valence electrons. The van der Waals surface area contributed by atoms with Crippen LogP contribution in [0.5, 0.6) is 0 Å². The van der Waals surface area contributed by atoms with Gasteiger partial charge in [-0.15, -0.1) is 11.3 Å². The van der Waals surface area contributed by atoms with E-state index < -0.39 is 0 Å². The maximum atomic E-state index is 2.28. The van der Waals surface area contributed by atoms with E-state index in [0.717, 1.165) is 0 Å². The predicted molar refractivity (Wildman–Crippen MR) is 65.9 cm³/mol. The molecule has 0 amide bonds. The molecule has 0 atom stereocenters. The van der Waals surface area contributed by atoms with E-state index in [1.54, 1.807) is 0 Å². The molecule has 2 aromatic rings. The largest absolute Gasteiger partial charge is 0.135 e. The van der Waals surface area contributed by atoms with Crippen LogP contribution in [0.3, 0.4) is 0 Å². The molecule has 1 aromatic heterocycles. The van der Waals surface area contributed by atoms with Crippen molar-refractivity contribution in [2.45, 2.75) is 20.8 Å². The van der Waals surface area contributed by atoms with Crippen LogP contribution < -0.4 is 0 Å². The van der Waals surface area contributed by atoms with Crippen molar-refractivity contribution in [1.82, 2.24) is 0 Å². The molecule has 2 rings (SSSR count). The van der Waals surface area contributed by atoms with E-state index in [-0.39, 0.29) is 0 Å². The lowest BCUT2D eigenvalue weighted by Crippen LogP contribution is -1.68. The molecule has 0 unspecified atom stereocenters. The van der Waals surface area contributed by atoms with Crippen molar-refractivity contribution in [2.75, 3.05) is 0 Å². The minimum atomic E-state index is 1.37. The van der Waals surface area contributed by atoms with Gasteiger partial charge in [0, 0.05) is 9.58 Å². The first-order chi connectivity index (χ1) is 6.72. The third-order valence-electron chi connectivity index (χ3n) is 2.56. The highest BCUT2D eigenvalue weighted by Gasteiger charge is 2.03. The van der Waals surface area contributed by atoms with Gasteiger partial charge in [-0.3, -0.25) is 0 Å². The molecule has 0 N–H and O–H groups in total. The Morgan fingerprint density at radius 2 is 2.14 bits per heavy atom. The zero-order chi connectivity index (χ0) is 10.1. The smallest absolute Gasteiger partial charge is 0.0378 e. The average molecular weight is 202 g/mol. The lowest BCUT2D eigenvalue weighted by Gasteiger charge is -1.92. The van der Waals surface area contributed by atoms with E-state index >= 15 is 0 Å². The fourth-order valence-electron chi connectivity index (χ4n) is 1.55. The Bertz CT molecular complexity index is 489. The van der Waals surface area contributed by atoms with Gasteiger partial charge in [-0.2, -0.15) is 0 Å². The van der Waals surface area contributed by atoms with E-state index in [1.165, 1.54) is 26.1 Å². The predicted octanol–water partition coefficient (Wildman–Crippen LogP) is 4.63. The number of fused-ring (bicyclic) bond motifs is 1. The van der Waals surface area contributed by atoms with Gasteiger partial charge < -0.3 is 0 Å². The highest BCUT2D eigenvalue weighted by molar-refractivity contribution is 7.20. The number of aryl methyl sites for hydroxylation is 1. The Hall–Kier alpha value is -1.08. The average Bonchev–Trinajstić information content (AvgIpc) is 2.62. The van der Waals surface area contributed by atoms with Crippen LogP contribution in [-0.4, -0.2) is 0 Å². The second-order valence-electron chi connectivity index (χ2n) is 3.58. The monoisotopic (exact) mass is 202 g/mol. The number of hydrogen-bond donors (Lipinski definition) is 0. The molecule has 0 fully saturated rings. The molecule has 1 heterocycles. The summed E-state index contributed by atoms with van der Waals surface area (Å²) in [6.07, 6.45) is 2.17. The first-order valence-corrected chi connectivity index (χ1v) is 5.66. The van der Waals surface area contributed by atoms with Crippen LogP contribution in [-0.2, 0) is 0 Å². The molecule has 14 heavy (non-hydrogen) atoms. The summed E-state index contributed by atoms with van der Waals surface area (Å²) in [4.78, 5) is 1.39. The van der Waals surface area contributed by atoms with Gasteiger partial charge in [0.2, 0.25) is 0 Å². The Balaban J connectivity index is 2.68. The Kier molecular flexibility index (Phi) is 2.42. The molecule has 0 nitrogen and oxygen atoms in total. The number of hydrogen-bond acceptors (Lipinski definition) is 1. The summed E-state index contributed by atoms with van der Waals surface area (Å²) in [6.45, 7) is 6.43. The SMILES string of the molecule is C/C=C(/C)c1cc2cccc(C)c2s1. The van der Waals surface area contributed by atoms with Crippen LogP contribution in [0.2, 0.25) is 0 Å². The third-order valence-corrected chi connectivity index (χ3v) is 3.98. The van der Waals surface area contributed by atoms with Crippen molar-refractivity contribution in [3.8, 4) is 0 Å².